The van der Waals surface area contributed by atoms with Crippen molar-refractivity contribution < 1.29 is 10.2 Å². The van der Waals surface area contributed by atoms with E-state index in [1.165, 1.54) is 0 Å². The topological polar surface area (TPSA) is 76.2 Å². The van der Waals surface area contributed by atoms with E-state index in [1.807, 2.05) is 38.0 Å². The number of nitrogens with two attached hydrogens (primary N) is 1. The highest BCUT2D eigenvalue weighted by Gasteiger charge is 2.16. The molecule has 0 amide bonds. The summed E-state index contributed by atoms with van der Waals surface area (Å²) >= 11 is 0. The molecule has 19 heavy (non-hydrogen) atoms. The molecule has 0 bridgehead atoms. The minimum absolute atomic E-state index is 0.403. The summed E-state index contributed by atoms with van der Waals surface area (Å²) < 4.78 is 0. The van der Waals surface area contributed by atoms with Crippen molar-refractivity contribution >= 4 is 0 Å². The summed E-state index contributed by atoms with van der Waals surface area (Å²) in [6.45, 7) is 3.84. The Balaban J connectivity index is 4.20. The lowest BCUT2D eigenvalue weighted by Crippen LogP contribution is -2.44. The third-order valence-electron chi connectivity index (χ3n) is 2.77. The van der Waals surface area contributed by atoms with Gasteiger partial charge in [-0.3, -0.25) is 4.90 Å². The van der Waals surface area contributed by atoms with E-state index >= 15 is 0 Å². The van der Waals surface area contributed by atoms with Gasteiger partial charge in [-0.2, -0.15) is 0 Å². The fourth-order valence-electron chi connectivity index (χ4n) is 2.13. The zero-order valence-corrected chi connectivity index (χ0v) is 12.9. The number of hydrogen-bond donors (Lipinski definition) is 3. The van der Waals surface area contributed by atoms with E-state index < -0.39 is 12.2 Å². The molecule has 0 aliphatic carbocycles. The van der Waals surface area contributed by atoms with E-state index in [0.717, 1.165) is 13.0 Å². The van der Waals surface area contributed by atoms with Crippen LogP contribution in [0.1, 0.15) is 6.42 Å². The van der Waals surface area contributed by atoms with Crippen LogP contribution >= 0.6 is 0 Å². The number of aliphatic hydroxyl groups excluding tert-OH is 2. The van der Waals surface area contributed by atoms with Crippen molar-refractivity contribution in [3.05, 3.63) is 0 Å². The summed E-state index contributed by atoms with van der Waals surface area (Å²) in [5.41, 5.74) is 5.53. The molecule has 0 saturated heterocycles. The Labute approximate surface area is 117 Å². The second kappa shape index (κ2) is 10.5. The van der Waals surface area contributed by atoms with Crippen LogP contribution in [0.2, 0.25) is 0 Å². The lowest BCUT2D eigenvalue weighted by atomic mass is 10.2. The average molecular weight is 276 g/mol. The van der Waals surface area contributed by atoms with Gasteiger partial charge in [0.25, 0.3) is 0 Å². The van der Waals surface area contributed by atoms with Crippen molar-refractivity contribution in [2.75, 3.05) is 67.5 Å². The standard InChI is InChI=1S/C13H32N4O2/c1-15(2)8-12(18)10-17(7-5-6-14)11-13(19)9-16(3)4/h12-13,18-19H,5-11,14H2,1-4H3. The summed E-state index contributed by atoms with van der Waals surface area (Å²) in [7, 11) is 7.76. The van der Waals surface area contributed by atoms with Crippen LogP contribution in [0.15, 0.2) is 0 Å². The van der Waals surface area contributed by atoms with Gasteiger partial charge in [-0.1, -0.05) is 0 Å². The van der Waals surface area contributed by atoms with Crippen LogP contribution in [-0.4, -0.2) is 105 Å². The highest BCUT2D eigenvalue weighted by Crippen LogP contribution is 2.00. The summed E-state index contributed by atoms with van der Waals surface area (Å²) in [5, 5.41) is 20.0. The van der Waals surface area contributed by atoms with E-state index in [2.05, 4.69) is 4.90 Å². The monoisotopic (exact) mass is 276 g/mol. The molecule has 0 rings (SSSR count). The SMILES string of the molecule is CN(C)CC(O)CN(CCCN)CC(O)CN(C)C. The van der Waals surface area contributed by atoms with Crippen LogP contribution in [-0.2, 0) is 0 Å². The Morgan fingerprint density at radius 1 is 0.842 bits per heavy atom. The molecule has 0 aromatic heterocycles. The van der Waals surface area contributed by atoms with Crippen LogP contribution < -0.4 is 5.73 Å². The van der Waals surface area contributed by atoms with Gasteiger partial charge in [-0.25, -0.2) is 0 Å². The molecule has 6 heteroatoms. The molecule has 116 valence electrons. The summed E-state index contributed by atoms with van der Waals surface area (Å²) in [6, 6.07) is 0. The largest absolute Gasteiger partial charge is 0.390 e. The average Bonchev–Trinajstić information content (AvgIpc) is 2.23. The molecule has 2 atom stereocenters. The van der Waals surface area contributed by atoms with Crippen LogP contribution in [0.4, 0.5) is 0 Å². The molecule has 0 aromatic carbocycles. The van der Waals surface area contributed by atoms with Crippen molar-refractivity contribution in [2.24, 2.45) is 5.73 Å². The Hall–Kier alpha value is -0.240. The molecule has 0 aliphatic rings. The number of aliphatic hydroxyl groups is 2. The summed E-state index contributed by atoms with van der Waals surface area (Å²) in [4.78, 5) is 6.01. The molecule has 6 nitrogen and oxygen atoms in total. The Kier molecular flexibility index (Phi) is 10.4. The first-order valence-electron chi connectivity index (χ1n) is 6.93. The predicted molar refractivity (Wildman–Crippen MR) is 79.2 cm³/mol. The van der Waals surface area contributed by atoms with E-state index in [0.29, 0.717) is 32.7 Å². The maximum atomic E-state index is 9.98. The smallest absolute Gasteiger partial charge is 0.0793 e. The van der Waals surface area contributed by atoms with Gasteiger partial charge in [0.1, 0.15) is 0 Å². The van der Waals surface area contributed by atoms with Gasteiger partial charge in [0, 0.05) is 26.2 Å². The van der Waals surface area contributed by atoms with E-state index in [-0.39, 0.29) is 0 Å². The molecule has 2 unspecified atom stereocenters. The number of likely N-dealkylation sites (N-methyl/N-ethyl adjacent to an activating group) is 2. The van der Waals surface area contributed by atoms with Crippen molar-refractivity contribution in [1.82, 2.24) is 14.7 Å². The molecule has 0 aromatic rings. The van der Waals surface area contributed by atoms with Gasteiger partial charge >= 0.3 is 0 Å². The maximum absolute atomic E-state index is 9.98. The first kappa shape index (κ1) is 18.8. The van der Waals surface area contributed by atoms with Gasteiger partial charge in [0.05, 0.1) is 12.2 Å². The summed E-state index contributed by atoms with van der Waals surface area (Å²) in [5.74, 6) is 0. The Bertz CT molecular complexity index is 197. The van der Waals surface area contributed by atoms with E-state index in [4.69, 9.17) is 5.73 Å². The fraction of sp³-hybridized carbons (Fsp3) is 1.00. The van der Waals surface area contributed by atoms with Crippen LogP contribution in [0.5, 0.6) is 0 Å². The quantitative estimate of drug-likeness (QED) is 0.426. The molecule has 0 saturated carbocycles. The second-order valence-electron chi connectivity index (χ2n) is 5.73. The summed E-state index contributed by atoms with van der Waals surface area (Å²) in [6.07, 6.45) is 0.0715. The number of rotatable bonds is 11. The third kappa shape index (κ3) is 11.3. The molecule has 0 aliphatic heterocycles. The lowest BCUT2D eigenvalue weighted by Gasteiger charge is -2.29. The molecular formula is C13H32N4O2. The molecule has 0 fully saturated rings. The Morgan fingerprint density at radius 2 is 1.26 bits per heavy atom. The van der Waals surface area contributed by atoms with E-state index in [9.17, 15) is 10.2 Å². The number of hydrogen-bond acceptors (Lipinski definition) is 6. The molecular weight excluding hydrogens is 244 g/mol. The zero-order chi connectivity index (χ0) is 14.8. The van der Waals surface area contributed by atoms with Crippen LogP contribution in [0.3, 0.4) is 0 Å². The molecule has 0 spiro atoms. The first-order chi connectivity index (χ1) is 8.85. The third-order valence-corrected chi connectivity index (χ3v) is 2.77. The Morgan fingerprint density at radius 3 is 1.58 bits per heavy atom. The number of nitrogens with zero attached hydrogens (tertiary/aromatic N) is 3. The van der Waals surface area contributed by atoms with Gasteiger partial charge in [0.15, 0.2) is 0 Å². The van der Waals surface area contributed by atoms with Crippen molar-refractivity contribution in [3.63, 3.8) is 0 Å². The molecule has 0 radical (unpaired) electrons. The van der Waals surface area contributed by atoms with Gasteiger partial charge in [0.2, 0.25) is 0 Å². The highest BCUT2D eigenvalue weighted by molar-refractivity contribution is 4.71. The van der Waals surface area contributed by atoms with Crippen molar-refractivity contribution in [3.8, 4) is 0 Å². The first-order valence-corrected chi connectivity index (χ1v) is 6.93. The zero-order valence-electron chi connectivity index (χ0n) is 12.9. The minimum Gasteiger partial charge on any atom is -0.390 e. The van der Waals surface area contributed by atoms with Crippen LogP contribution in [0.25, 0.3) is 0 Å². The lowest BCUT2D eigenvalue weighted by molar-refractivity contribution is 0.0489. The predicted octanol–water partition coefficient (Wildman–Crippen LogP) is -1.52. The second-order valence-corrected chi connectivity index (χ2v) is 5.73. The normalized spacial score (nSPS) is 15.5. The van der Waals surface area contributed by atoms with Gasteiger partial charge in [-0.15, -0.1) is 0 Å². The highest BCUT2D eigenvalue weighted by atomic mass is 16.3. The minimum atomic E-state index is -0.403. The van der Waals surface area contributed by atoms with Crippen LogP contribution in [0, 0.1) is 0 Å². The molecule has 0 heterocycles. The van der Waals surface area contributed by atoms with Gasteiger partial charge in [-0.05, 0) is 47.7 Å². The van der Waals surface area contributed by atoms with Crippen molar-refractivity contribution in [2.45, 2.75) is 18.6 Å². The van der Waals surface area contributed by atoms with Gasteiger partial charge < -0.3 is 25.7 Å². The maximum Gasteiger partial charge on any atom is 0.0793 e. The molecule has 4 N–H and O–H groups in total. The van der Waals surface area contributed by atoms with E-state index in [1.54, 1.807) is 0 Å². The van der Waals surface area contributed by atoms with Crippen molar-refractivity contribution in [1.29, 1.82) is 0 Å². The fourth-order valence-corrected chi connectivity index (χ4v) is 2.13.